The molecule has 0 spiro atoms. The molecule has 3 aromatic rings. The van der Waals surface area contributed by atoms with Crippen molar-refractivity contribution >= 4 is 23.3 Å². The van der Waals surface area contributed by atoms with Gasteiger partial charge < -0.3 is 10.1 Å². The Kier molecular flexibility index (Phi) is 3.51. The highest BCUT2D eigenvalue weighted by atomic mass is 35.5. The molecule has 3 nitrogen and oxygen atoms in total. The van der Waals surface area contributed by atoms with Crippen LogP contribution in [0.25, 0.3) is 0 Å². The summed E-state index contributed by atoms with van der Waals surface area (Å²) in [5.41, 5.74) is 1.99. The number of anilines is 1. The first-order valence-electron chi connectivity index (χ1n) is 7.61. The van der Waals surface area contributed by atoms with Gasteiger partial charge in [-0.1, -0.05) is 60.1 Å². The Morgan fingerprint density at radius 2 is 1.50 bits per heavy atom. The minimum absolute atomic E-state index is 0.337. The number of carbonyl (C=O) groups is 1. The van der Waals surface area contributed by atoms with Crippen molar-refractivity contribution in [1.29, 1.82) is 0 Å². The topological polar surface area (TPSA) is 38.3 Å². The van der Waals surface area contributed by atoms with Gasteiger partial charge in [0.2, 0.25) is 5.72 Å². The largest absolute Gasteiger partial charge is 0.427 e. The van der Waals surface area contributed by atoms with E-state index < -0.39 is 5.72 Å². The minimum atomic E-state index is -1.05. The molecule has 0 fully saturated rings. The van der Waals surface area contributed by atoms with Crippen LogP contribution in [-0.4, -0.2) is 5.97 Å². The molecule has 0 aromatic heterocycles. The van der Waals surface area contributed by atoms with Gasteiger partial charge in [0.1, 0.15) is 0 Å². The maximum atomic E-state index is 12.4. The Hall–Kier alpha value is -2.78. The summed E-state index contributed by atoms with van der Waals surface area (Å²) < 4.78 is 5.86. The van der Waals surface area contributed by atoms with Crippen molar-refractivity contribution in [2.75, 3.05) is 5.32 Å². The number of benzene rings is 3. The second kappa shape index (κ2) is 5.69. The van der Waals surface area contributed by atoms with Crippen molar-refractivity contribution < 1.29 is 9.53 Å². The van der Waals surface area contributed by atoms with Gasteiger partial charge in [-0.15, -0.1) is 0 Å². The Labute approximate surface area is 144 Å². The molecule has 4 rings (SSSR count). The fourth-order valence-corrected chi connectivity index (χ4v) is 3.13. The summed E-state index contributed by atoms with van der Waals surface area (Å²) in [7, 11) is 0. The number of esters is 1. The van der Waals surface area contributed by atoms with E-state index in [1.54, 1.807) is 18.2 Å². The van der Waals surface area contributed by atoms with Crippen LogP contribution in [0.15, 0.2) is 78.9 Å². The maximum Gasteiger partial charge on any atom is 0.341 e. The molecule has 1 aliphatic rings. The van der Waals surface area contributed by atoms with E-state index in [0.717, 1.165) is 16.8 Å². The van der Waals surface area contributed by atoms with Gasteiger partial charge in [-0.25, -0.2) is 4.79 Å². The van der Waals surface area contributed by atoms with Crippen molar-refractivity contribution in [3.05, 3.63) is 101 Å². The van der Waals surface area contributed by atoms with E-state index in [9.17, 15) is 4.79 Å². The van der Waals surface area contributed by atoms with Gasteiger partial charge in [0.15, 0.2) is 0 Å². The zero-order chi connectivity index (χ0) is 16.6. The monoisotopic (exact) mass is 335 g/mol. The lowest BCUT2D eigenvalue weighted by molar-refractivity contribution is 0.0212. The highest BCUT2D eigenvalue weighted by Crippen LogP contribution is 2.42. The molecule has 1 atom stereocenters. The summed E-state index contributed by atoms with van der Waals surface area (Å²) >= 11 is 5.97. The number of rotatable bonds is 3. The molecule has 1 aliphatic heterocycles. The molecular weight excluding hydrogens is 322 g/mol. The Morgan fingerprint density at radius 3 is 2.25 bits per heavy atom. The van der Waals surface area contributed by atoms with Crippen LogP contribution in [0.5, 0.6) is 0 Å². The zero-order valence-corrected chi connectivity index (χ0v) is 13.5. The van der Waals surface area contributed by atoms with Crippen LogP contribution in [0.4, 0.5) is 5.69 Å². The molecule has 1 N–H and O–H groups in total. The standard InChI is InChI=1S/C20H14ClNO2/c21-15-10-12-16(13-11-15)22-20(14-6-2-1-3-7-14)18-9-5-4-8-17(18)19(23)24-20/h1-13,22H/t20-/m0/s1. The number of ether oxygens (including phenoxy) is 1. The quantitative estimate of drug-likeness (QED) is 0.697. The lowest BCUT2D eigenvalue weighted by Gasteiger charge is -2.31. The molecule has 0 saturated heterocycles. The van der Waals surface area contributed by atoms with E-state index >= 15 is 0 Å². The van der Waals surface area contributed by atoms with Crippen LogP contribution in [0.1, 0.15) is 21.5 Å². The molecule has 0 saturated carbocycles. The van der Waals surface area contributed by atoms with Crippen LogP contribution >= 0.6 is 11.6 Å². The third kappa shape index (κ3) is 2.34. The summed E-state index contributed by atoms with van der Waals surface area (Å²) in [4.78, 5) is 12.4. The van der Waals surface area contributed by atoms with E-state index in [0.29, 0.717) is 10.6 Å². The van der Waals surface area contributed by atoms with Gasteiger partial charge in [-0.3, -0.25) is 0 Å². The van der Waals surface area contributed by atoms with Crippen molar-refractivity contribution in [2.24, 2.45) is 0 Å². The summed E-state index contributed by atoms with van der Waals surface area (Å²) in [6.07, 6.45) is 0. The van der Waals surface area contributed by atoms with Gasteiger partial charge in [-0.2, -0.15) is 0 Å². The second-order valence-corrected chi connectivity index (χ2v) is 6.05. The van der Waals surface area contributed by atoms with Crippen LogP contribution in [0.2, 0.25) is 5.02 Å². The number of hydrogen-bond donors (Lipinski definition) is 1. The van der Waals surface area contributed by atoms with Crippen LogP contribution < -0.4 is 5.32 Å². The number of carbonyl (C=O) groups excluding carboxylic acids is 1. The first-order valence-corrected chi connectivity index (χ1v) is 7.99. The molecule has 0 radical (unpaired) electrons. The number of halogens is 1. The van der Waals surface area contributed by atoms with E-state index in [4.69, 9.17) is 16.3 Å². The Morgan fingerprint density at radius 1 is 0.833 bits per heavy atom. The van der Waals surface area contributed by atoms with Gasteiger partial charge in [0.05, 0.1) is 5.56 Å². The third-order valence-corrected chi connectivity index (χ3v) is 4.37. The van der Waals surface area contributed by atoms with Crippen LogP contribution in [0, 0.1) is 0 Å². The molecule has 4 heteroatoms. The van der Waals surface area contributed by atoms with Gasteiger partial charge >= 0.3 is 5.97 Å². The average molecular weight is 336 g/mol. The van der Waals surface area contributed by atoms with Crippen molar-refractivity contribution in [2.45, 2.75) is 5.72 Å². The number of fused-ring (bicyclic) bond motifs is 1. The van der Waals surface area contributed by atoms with Gasteiger partial charge in [0, 0.05) is 21.8 Å². The van der Waals surface area contributed by atoms with E-state index in [1.165, 1.54) is 0 Å². The fraction of sp³-hybridized carbons (Fsp3) is 0.0500. The summed E-state index contributed by atoms with van der Waals surface area (Å²) in [5.74, 6) is -0.337. The van der Waals surface area contributed by atoms with Crippen molar-refractivity contribution in [3.63, 3.8) is 0 Å². The lowest BCUT2D eigenvalue weighted by Crippen LogP contribution is -2.36. The predicted octanol–water partition coefficient (Wildman–Crippen LogP) is 4.82. The molecule has 0 amide bonds. The van der Waals surface area contributed by atoms with Crippen molar-refractivity contribution in [3.8, 4) is 0 Å². The molecule has 3 aromatic carbocycles. The first-order chi connectivity index (χ1) is 11.7. The SMILES string of the molecule is O=C1O[C@@](Nc2ccc(Cl)cc2)(c2ccccc2)c2ccccc21. The molecule has 0 aliphatic carbocycles. The number of cyclic esters (lactones) is 1. The van der Waals surface area contributed by atoms with E-state index in [1.807, 2.05) is 60.7 Å². The molecule has 1 heterocycles. The normalized spacial score (nSPS) is 18.8. The van der Waals surface area contributed by atoms with Crippen LogP contribution in [-0.2, 0) is 10.5 Å². The summed E-state index contributed by atoms with van der Waals surface area (Å²) in [5, 5.41) is 4.03. The Balaban J connectivity index is 1.89. The van der Waals surface area contributed by atoms with Crippen molar-refractivity contribution in [1.82, 2.24) is 0 Å². The molecule has 118 valence electrons. The average Bonchev–Trinajstić information content (AvgIpc) is 2.91. The fourth-order valence-electron chi connectivity index (χ4n) is 3.01. The molecule has 0 unspecified atom stereocenters. The highest BCUT2D eigenvalue weighted by molar-refractivity contribution is 6.30. The van der Waals surface area contributed by atoms with E-state index in [2.05, 4.69) is 5.32 Å². The maximum absolute atomic E-state index is 12.4. The number of hydrogen-bond acceptors (Lipinski definition) is 3. The summed E-state index contributed by atoms with van der Waals surface area (Å²) in [6.45, 7) is 0. The molecule has 24 heavy (non-hydrogen) atoms. The summed E-state index contributed by atoms with van der Waals surface area (Å²) in [6, 6.07) is 24.4. The highest BCUT2D eigenvalue weighted by Gasteiger charge is 2.47. The first kappa shape index (κ1) is 14.8. The smallest absolute Gasteiger partial charge is 0.341 e. The zero-order valence-electron chi connectivity index (χ0n) is 12.7. The number of nitrogens with one attached hydrogen (secondary N) is 1. The lowest BCUT2D eigenvalue weighted by atomic mass is 9.92. The predicted molar refractivity (Wildman–Crippen MR) is 94.2 cm³/mol. The van der Waals surface area contributed by atoms with Gasteiger partial charge in [0.25, 0.3) is 0 Å². The Bertz CT molecular complexity index is 893. The molecular formula is C20H14ClNO2. The van der Waals surface area contributed by atoms with Crippen LogP contribution in [0.3, 0.4) is 0 Å². The second-order valence-electron chi connectivity index (χ2n) is 5.61. The minimum Gasteiger partial charge on any atom is -0.427 e. The third-order valence-electron chi connectivity index (χ3n) is 4.12. The molecule has 0 bridgehead atoms. The van der Waals surface area contributed by atoms with Gasteiger partial charge in [-0.05, 0) is 30.3 Å². The van der Waals surface area contributed by atoms with E-state index in [-0.39, 0.29) is 5.97 Å².